The third kappa shape index (κ3) is 4.76. The predicted octanol–water partition coefficient (Wildman–Crippen LogP) is 3.60. The van der Waals surface area contributed by atoms with E-state index in [0.29, 0.717) is 15.9 Å². The number of hydrogen-bond acceptors (Lipinski definition) is 7. The summed E-state index contributed by atoms with van der Waals surface area (Å²) in [5, 5.41) is 3.11. The van der Waals surface area contributed by atoms with Crippen LogP contribution in [-0.4, -0.2) is 62.0 Å². The third-order valence-electron chi connectivity index (χ3n) is 6.48. The number of alkyl halides is 3. The predicted molar refractivity (Wildman–Crippen MR) is 136 cm³/mol. The average molecular weight is 592 g/mol. The van der Waals surface area contributed by atoms with Crippen molar-refractivity contribution in [2.45, 2.75) is 31.3 Å². The van der Waals surface area contributed by atoms with Crippen molar-refractivity contribution in [3.8, 4) is 0 Å². The van der Waals surface area contributed by atoms with E-state index in [1.165, 1.54) is 29.0 Å². The number of hydrogen-bond donors (Lipinski definition) is 2. The summed E-state index contributed by atoms with van der Waals surface area (Å²) in [7, 11) is 1.49. The number of benzene rings is 1. The first-order valence-electron chi connectivity index (χ1n) is 11.4. The summed E-state index contributed by atoms with van der Waals surface area (Å²) in [5.74, 6) is -0.576. The molecule has 1 aliphatic rings. The molecule has 1 aromatic carbocycles. The summed E-state index contributed by atoms with van der Waals surface area (Å²) in [6.45, 7) is -0.136. The van der Waals surface area contributed by atoms with Gasteiger partial charge in [-0.25, -0.2) is 15.0 Å². The number of methoxy groups -OCH3 is 1. The van der Waals surface area contributed by atoms with Gasteiger partial charge in [0, 0.05) is 25.5 Å². The van der Waals surface area contributed by atoms with Gasteiger partial charge in [0.1, 0.15) is 40.8 Å². The van der Waals surface area contributed by atoms with Crippen molar-refractivity contribution in [3.05, 3.63) is 52.9 Å². The van der Waals surface area contributed by atoms with Gasteiger partial charge in [-0.2, -0.15) is 13.2 Å². The lowest BCUT2D eigenvalue weighted by atomic mass is 10.1. The van der Waals surface area contributed by atoms with Crippen molar-refractivity contribution >= 4 is 61.3 Å². The number of ether oxygens (including phenoxy) is 1. The number of fused-ring (bicyclic) bond motifs is 3. The van der Waals surface area contributed by atoms with E-state index in [1.54, 1.807) is 18.2 Å². The van der Waals surface area contributed by atoms with E-state index in [9.17, 15) is 22.8 Å². The Morgan fingerprint density at radius 3 is 2.74 bits per heavy atom. The van der Waals surface area contributed by atoms with Crippen LogP contribution in [0.2, 0.25) is 0 Å². The summed E-state index contributed by atoms with van der Waals surface area (Å²) in [4.78, 5) is 40.4. The summed E-state index contributed by atoms with van der Waals surface area (Å²) in [6.07, 6.45) is -3.51. The van der Waals surface area contributed by atoms with E-state index in [4.69, 9.17) is 10.5 Å². The molecule has 2 atom stereocenters. The standard InChI is InChI=1S/C24H21BrF3N7O3/c1-38-13-8-16(23(37)33-18-4-2-3-17(25)32-18)34(9-13)19(36)10-35-15-6-5-12(24(26,27)28)7-14(15)20-21(29)30-11-31-22(20)35/h2-7,11,13,16H,8-10H2,1H3,(H2,29,30,31)(H,32,33,37)/t13-,16+/m1/s1. The van der Waals surface area contributed by atoms with E-state index in [0.717, 1.165) is 12.1 Å². The molecule has 10 nitrogen and oxygen atoms in total. The van der Waals surface area contributed by atoms with Crippen molar-refractivity contribution in [1.82, 2.24) is 24.4 Å². The summed E-state index contributed by atoms with van der Waals surface area (Å²) < 4.78 is 47.7. The minimum Gasteiger partial charge on any atom is -0.383 e. The molecule has 5 rings (SSSR count). The molecule has 0 bridgehead atoms. The van der Waals surface area contributed by atoms with Crippen LogP contribution in [0.25, 0.3) is 21.9 Å². The van der Waals surface area contributed by atoms with Crippen molar-refractivity contribution in [2.75, 3.05) is 24.7 Å². The van der Waals surface area contributed by atoms with Gasteiger partial charge in [-0.1, -0.05) is 6.07 Å². The molecule has 14 heteroatoms. The van der Waals surface area contributed by atoms with Gasteiger partial charge in [-0.15, -0.1) is 0 Å². The molecule has 0 unspecified atom stereocenters. The molecule has 2 amide bonds. The Morgan fingerprint density at radius 2 is 2.03 bits per heavy atom. The molecule has 0 radical (unpaired) electrons. The second kappa shape index (κ2) is 9.83. The third-order valence-corrected chi connectivity index (χ3v) is 6.92. The van der Waals surface area contributed by atoms with Gasteiger partial charge in [0.25, 0.3) is 0 Å². The van der Waals surface area contributed by atoms with Crippen molar-refractivity contribution in [2.24, 2.45) is 0 Å². The van der Waals surface area contributed by atoms with E-state index >= 15 is 0 Å². The van der Waals surface area contributed by atoms with Crippen molar-refractivity contribution in [3.63, 3.8) is 0 Å². The van der Waals surface area contributed by atoms with Gasteiger partial charge in [-0.05, 0) is 46.3 Å². The first-order chi connectivity index (χ1) is 18.1. The molecule has 4 aromatic rings. The normalized spacial score (nSPS) is 17.9. The number of nitrogens with one attached hydrogen (secondary N) is 1. The number of aromatic nitrogens is 4. The SMILES string of the molecule is CO[C@@H]1C[C@@H](C(=O)Nc2cccc(Br)n2)N(C(=O)Cn2c3ccc(C(F)(F)F)cc3c3c(N)ncnc32)C1. The summed E-state index contributed by atoms with van der Waals surface area (Å²) >= 11 is 3.25. The number of likely N-dealkylation sites (tertiary alicyclic amines) is 1. The Morgan fingerprint density at radius 1 is 1.24 bits per heavy atom. The first-order valence-corrected chi connectivity index (χ1v) is 12.2. The number of carbonyl (C=O) groups excluding carboxylic acids is 2. The Hall–Kier alpha value is -3.78. The van der Waals surface area contributed by atoms with Crippen LogP contribution in [0.4, 0.5) is 24.8 Å². The maximum absolute atomic E-state index is 13.6. The Balaban J connectivity index is 1.49. The molecule has 198 valence electrons. The lowest BCUT2D eigenvalue weighted by molar-refractivity contribution is -0.137. The highest BCUT2D eigenvalue weighted by atomic mass is 79.9. The van der Waals surface area contributed by atoms with E-state index in [2.05, 4.69) is 36.2 Å². The lowest BCUT2D eigenvalue weighted by Crippen LogP contribution is -2.44. The van der Waals surface area contributed by atoms with Crippen LogP contribution in [0.5, 0.6) is 0 Å². The summed E-state index contributed by atoms with van der Waals surface area (Å²) in [5.41, 5.74) is 5.69. The number of rotatable bonds is 5. The fraction of sp³-hybridized carbons (Fsp3) is 0.292. The van der Waals surface area contributed by atoms with Crippen molar-refractivity contribution < 1.29 is 27.5 Å². The van der Waals surface area contributed by atoms with Crippen molar-refractivity contribution in [1.29, 1.82) is 0 Å². The molecular weight excluding hydrogens is 571 g/mol. The average Bonchev–Trinajstić information content (AvgIpc) is 3.44. The highest BCUT2D eigenvalue weighted by molar-refractivity contribution is 9.10. The number of nitrogen functional groups attached to an aromatic ring is 1. The topological polar surface area (TPSA) is 128 Å². The Bertz CT molecular complexity index is 1560. The number of halogens is 4. The first kappa shape index (κ1) is 25.9. The van der Waals surface area contributed by atoms with Gasteiger partial charge in [0.15, 0.2) is 0 Å². The molecular formula is C24H21BrF3N7O3. The zero-order valence-corrected chi connectivity index (χ0v) is 21.5. The number of nitrogens with two attached hydrogens (primary N) is 1. The maximum Gasteiger partial charge on any atom is 0.416 e. The van der Waals surface area contributed by atoms with Gasteiger partial charge in [0.2, 0.25) is 11.8 Å². The quantitative estimate of drug-likeness (QED) is 0.339. The second-order valence-corrected chi connectivity index (χ2v) is 9.58. The smallest absolute Gasteiger partial charge is 0.383 e. The number of nitrogens with zero attached hydrogens (tertiary/aromatic N) is 5. The Labute approximate surface area is 222 Å². The molecule has 0 spiro atoms. The fourth-order valence-corrected chi connectivity index (χ4v) is 5.02. The molecule has 4 heterocycles. The van der Waals surface area contributed by atoms with E-state index in [-0.39, 0.29) is 47.9 Å². The van der Waals surface area contributed by atoms with Gasteiger partial charge in [-0.3, -0.25) is 9.59 Å². The van der Waals surface area contributed by atoms with Crippen LogP contribution < -0.4 is 11.1 Å². The van der Waals surface area contributed by atoms with Gasteiger partial charge >= 0.3 is 6.18 Å². The number of anilines is 2. The van der Waals surface area contributed by atoms with Crippen LogP contribution in [0.3, 0.4) is 0 Å². The van der Waals surface area contributed by atoms with Crippen LogP contribution in [-0.2, 0) is 27.0 Å². The highest BCUT2D eigenvalue weighted by Crippen LogP contribution is 2.36. The zero-order chi connectivity index (χ0) is 27.2. The number of amides is 2. The highest BCUT2D eigenvalue weighted by Gasteiger charge is 2.40. The largest absolute Gasteiger partial charge is 0.416 e. The number of carbonyl (C=O) groups is 2. The molecule has 3 N–H and O–H groups in total. The van der Waals surface area contributed by atoms with E-state index in [1.807, 2.05) is 0 Å². The molecule has 38 heavy (non-hydrogen) atoms. The molecule has 1 fully saturated rings. The molecule has 1 saturated heterocycles. The fourth-order valence-electron chi connectivity index (χ4n) is 4.68. The van der Waals surface area contributed by atoms with Gasteiger partial charge < -0.3 is 25.3 Å². The number of pyridine rings is 1. The van der Waals surface area contributed by atoms with Crippen LogP contribution in [0.1, 0.15) is 12.0 Å². The van der Waals surface area contributed by atoms with Gasteiger partial charge in [0.05, 0.1) is 22.6 Å². The second-order valence-electron chi connectivity index (χ2n) is 8.76. The molecule has 0 saturated carbocycles. The molecule has 1 aliphatic heterocycles. The monoisotopic (exact) mass is 591 g/mol. The molecule has 3 aromatic heterocycles. The van der Waals surface area contributed by atoms with E-state index < -0.39 is 29.6 Å². The molecule has 0 aliphatic carbocycles. The van der Waals surface area contributed by atoms with Crippen LogP contribution >= 0.6 is 15.9 Å². The minimum absolute atomic E-state index is 0.00933. The Kier molecular flexibility index (Phi) is 6.69. The van der Waals surface area contributed by atoms with Crippen LogP contribution in [0, 0.1) is 0 Å². The zero-order valence-electron chi connectivity index (χ0n) is 19.9. The van der Waals surface area contributed by atoms with Crippen LogP contribution in [0.15, 0.2) is 47.3 Å². The lowest BCUT2D eigenvalue weighted by Gasteiger charge is -2.24. The summed E-state index contributed by atoms with van der Waals surface area (Å²) in [6, 6.07) is 7.37. The minimum atomic E-state index is -4.57. The maximum atomic E-state index is 13.6.